The Labute approximate surface area is 94.5 Å². The van der Waals surface area contributed by atoms with Crippen LogP contribution in [0.2, 0.25) is 0 Å². The van der Waals surface area contributed by atoms with Crippen molar-refractivity contribution in [1.82, 2.24) is 10.3 Å². The Morgan fingerprint density at radius 1 is 1.62 bits per heavy atom. The van der Waals surface area contributed by atoms with E-state index in [-0.39, 0.29) is 25.2 Å². The summed E-state index contributed by atoms with van der Waals surface area (Å²) in [4.78, 5) is 15.7. The Kier molecular flexibility index (Phi) is 4.88. The van der Waals surface area contributed by atoms with E-state index in [4.69, 9.17) is 9.84 Å². The Bertz CT molecular complexity index is 338. The lowest BCUT2D eigenvalue weighted by molar-refractivity contribution is 0.0839. The van der Waals surface area contributed by atoms with Gasteiger partial charge in [0.05, 0.1) is 24.8 Å². The predicted octanol–water partition coefficient (Wildman–Crippen LogP) is 0.127. The molecule has 0 aliphatic carbocycles. The average Bonchev–Trinajstić information content (AvgIpc) is 2.29. The summed E-state index contributed by atoms with van der Waals surface area (Å²) >= 11 is 0. The fourth-order valence-corrected chi connectivity index (χ4v) is 1.21. The molecule has 0 fully saturated rings. The molecule has 88 valence electrons. The van der Waals surface area contributed by atoms with Crippen molar-refractivity contribution in [3.8, 4) is 0 Å². The number of methoxy groups -OCH3 is 1. The maximum atomic E-state index is 11.7. The van der Waals surface area contributed by atoms with Crippen LogP contribution in [0, 0.1) is 6.92 Å². The Morgan fingerprint density at radius 3 is 2.88 bits per heavy atom. The van der Waals surface area contributed by atoms with Crippen molar-refractivity contribution in [1.29, 1.82) is 0 Å². The molecule has 1 atom stereocenters. The van der Waals surface area contributed by atoms with Gasteiger partial charge in [-0.3, -0.25) is 9.78 Å². The number of aliphatic hydroxyl groups is 1. The molecule has 5 heteroatoms. The highest BCUT2D eigenvalue weighted by Gasteiger charge is 2.12. The van der Waals surface area contributed by atoms with Crippen molar-refractivity contribution >= 4 is 5.91 Å². The zero-order chi connectivity index (χ0) is 12.0. The summed E-state index contributed by atoms with van der Waals surface area (Å²) in [6.07, 6.45) is 1.51. The molecule has 2 N–H and O–H groups in total. The largest absolute Gasteiger partial charge is 0.394 e. The van der Waals surface area contributed by atoms with E-state index in [9.17, 15) is 4.79 Å². The molecule has 1 aromatic heterocycles. The molecule has 1 aromatic rings. The van der Waals surface area contributed by atoms with Crippen molar-refractivity contribution in [2.24, 2.45) is 0 Å². The number of pyridine rings is 1. The molecule has 1 heterocycles. The zero-order valence-electron chi connectivity index (χ0n) is 9.43. The number of ether oxygens (including phenoxy) is 1. The van der Waals surface area contributed by atoms with Crippen LogP contribution in [-0.2, 0) is 4.74 Å². The first-order chi connectivity index (χ1) is 7.67. The molecule has 0 aliphatic heterocycles. The van der Waals surface area contributed by atoms with Gasteiger partial charge in [-0.1, -0.05) is 0 Å². The van der Waals surface area contributed by atoms with Gasteiger partial charge >= 0.3 is 0 Å². The van der Waals surface area contributed by atoms with Crippen molar-refractivity contribution in [3.05, 3.63) is 29.6 Å². The van der Waals surface area contributed by atoms with Crippen LogP contribution in [0.3, 0.4) is 0 Å². The van der Waals surface area contributed by atoms with Gasteiger partial charge in [0.1, 0.15) is 0 Å². The minimum absolute atomic E-state index is 0.154. The molecule has 0 aliphatic rings. The number of rotatable bonds is 5. The van der Waals surface area contributed by atoms with Crippen LogP contribution in [0.15, 0.2) is 18.3 Å². The van der Waals surface area contributed by atoms with Gasteiger partial charge in [-0.15, -0.1) is 0 Å². The molecule has 1 rings (SSSR count). The van der Waals surface area contributed by atoms with Gasteiger partial charge in [0, 0.05) is 19.0 Å². The number of hydrogen-bond acceptors (Lipinski definition) is 4. The van der Waals surface area contributed by atoms with Crippen LogP contribution >= 0.6 is 0 Å². The maximum absolute atomic E-state index is 11.7. The standard InChI is InChI=1S/C11H16N2O3/c1-8-3-4-9(5-12-8)11(15)13-10(6-14)7-16-2/h3-5,10,14H,6-7H2,1-2H3,(H,13,15). The van der Waals surface area contributed by atoms with E-state index in [1.807, 2.05) is 6.92 Å². The molecule has 0 saturated heterocycles. The third kappa shape index (κ3) is 3.60. The number of carbonyl (C=O) groups is 1. The summed E-state index contributed by atoms with van der Waals surface area (Å²) in [6.45, 7) is 1.98. The molecule has 1 unspecified atom stereocenters. The fourth-order valence-electron chi connectivity index (χ4n) is 1.21. The summed E-state index contributed by atoms with van der Waals surface area (Å²) < 4.78 is 4.86. The molecule has 16 heavy (non-hydrogen) atoms. The SMILES string of the molecule is COCC(CO)NC(=O)c1ccc(C)nc1. The first kappa shape index (κ1) is 12.6. The second-order valence-electron chi connectivity index (χ2n) is 3.50. The van der Waals surface area contributed by atoms with Crippen LogP contribution in [0.1, 0.15) is 16.1 Å². The lowest BCUT2D eigenvalue weighted by Crippen LogP contribution is -2.40. The van der Waals surface area contributed by atoms with Gasteiger partial charge < -0.3 is 15.2 Å². The minimum Gasteiger partial charge on any atom is -0.394 e. The van der Waals surface area contributed by atoms with E-state index in [0.29, 0.717) is 5.56 Å². The van der Waals surface area contributed by atoms with E-state index in [1.165, 1.54) is 13.3 Å². The Morgan fingerprint density at radius 2 is 2.38 bits per heavy atom. The monoisotopic (exact) mass is 224 g/mol. The van der Waals surface area contributed by atoms with Gasteiger partial charge in [0.25, 0.3) is 5.91 Å². The quantitative estimate of drug-likeness (QED) is 0.745. The van der Waals surface area contributed by atoms with E-state index >= 15 is 0 Å². The normalized spacial score (nSPS) is 12.2. The van der Waals surface area contributed by atoms with Gasteiger partial charge in [-0.25, -0.2) is 0 Å². The first-order valence-electron chi connectivity index (χ1n) is 5.00. The second-order valence-corrected chi connectivity index (χ2v) is 3.50. The average molecular weight is 224 g/mol. The molecule has 0 saturated carbocycles. The number of nitrogens with zero attached hydrogens (tertiary/aromatic N) is 1. The van der Waals surface area contributed by atoms with Gasteiger partial charge in [0.2, 0.25) is 0 Å². The molecule has 0 aromatic carbocycles. The number of amides is 1. The van der Waals surface area contributed by atoms with Crippen LogP contribution < -0.4 is 5.32 Å². The van der Waals surface area contributed by atoms with Crippen LogP contribution in [0.5, 0.6) is 0 Å². The van der Waals surface area contributed by atoms with Crippen molar-refractivity contribution in [2.45, 2.75) is 13.0 Å². The number of hydrogen-bond donors (Lipinski definition) is 2. The smallest absolute Gasteiger partial charge is 0.253 e. The lowest BCUT2D eigenvalue weighted by atomic mass is 10.2. The maximum Gasteiger partial charge on any atom is 0.253 e. The molecule has 1 amide bonds. The lowest BCUT2D eigenvalue weighted by Gasteiger charge is -2.14. The summed E-state index contributed by atoms with van der Waals surface area (Å²) in [5.41, 5.74) is 1.33. The van der Waals surface area contributed by atoms with Crippen LogP contribution in [0.25, 0.3) is 0 Å². The molecular formula is C11H16N2O3. The highest BCUT2D eigenvalue weighted by atomic mass is 16.5. The first-order valence-corrected chi connectivity index (χ1v) is 5.00. The fraction of sp³-hybridized carbons (Fsp3) is 0.455. The second kappa shape index (κ2) is 6.19. The molecule has 0 bridgehead atoms. The van der Waals surface area contributed by atoms with Gasteiger partial charge in [0.15, 0.2) is 0 Å². The number of aliphatic hydroxyl groups excluding tert-OH is 1. The summed E-state index contributed by atoms with van der Waals surface area (Å²) in [5, 5.41) is 11.6. The highest BCUT2D eigenvalue weighted by Crippen LogP contribution is 1.99. The molecular weight excluding hydrogens is 208 g/mol. The summed E-state index contributed by atoms with van der Waals surface area (Å²) in [5.74, 6) is -0.261. The van der Waals surface area contributed by atoms with E-state index in [2.05, 4.69) is 10.3 Å². The summed E-state index contributed by atoms with van der Waals surface area (Å²) in [6, 6.07) is 3.07. The van der Waals surface area contributed by atoms with E-state index < -0.39 is 0 Å². The van der Waals surface area contributed by atoms with Gasteiger partial charge in [-0.05, 0) is 19.1 Å². The van der Waals surface area contributed by atoms with Crippen molar-refractivity contribution in [3.63, 3.8) is 0 Å². The predicted molar refractivity (Wildman–Crippen MR) is 59.2 cm³/mol. The van der Waals surface area contributed by atoms with Crippen LogP contribution in [-0.4, -0.2) is 42.4 Å². The zero-order valence-corrected chi connectivity index (χ0v) is 9.43. The van der Waals surface area contributed by atoms with Crippen LogP contribution in [0.4, 0.5) is 0 Å². The number of nitrogens with one attached hydrogen (secondary N) is 1. The topological polar surface area (TPSA) is 71.5 Å². The highest BCUT2D eigenvalue weighted by molar-refractivity contribution is 5.94. The van der Waals surface area contributed by atoms with E-state index in [1.54, 1.807) is 12.1 Å². The van der Waals surface area contributed by atoms with Gasteiger partial charge in [-0.2, -0.15) is 0 Å². The molecule has 0 radical (unpaired) electrons. The molecule has 5 nitrogen and oxygen atoms in total. The Balaban J connectivity index is 2.60. The molecule has 0 spiro atoms. The third-order valence-electron chi connectivity index (χ3n) is 2.10. The third-order valence-corrected chi connectivity index (χ3v) is 2.10. The number of carbonyl (C=O) groups excluding carboxylic acids is 1. The summed E-state index contributed by atoms with van der Waals surface area (Å²) in [7, 11) is 1.52. The number of aromatic nitrogens is 1. The van der Waals surface area contributed by atoms with E-state index in [0.717, 1.165) is 5.69 Å². The van der Waals surface area contributed by atoms with Crippen molar-refractivity contribution in [2.75, 3.05) is 20.3 Å². The van der Waals surface area contributed by atoms with Crippen molar-refractivity contribution < 1.29 is 14.6 Å². The Hall–Kier alpha value is -1.46. The number of aryl methyl sites for hydroxylation is 1. The minimum atomic E-state index is -0.390.